The van der Waals surface area contributed by atoms with Gasteiger partial charge in [0.2, 0.25) is 5.91 Å². The van der Waals surface area contributed by atoms with Crippen molar-refractivity contribution in [2.24, 2.45) is 17.6 Å². The van der Waals surface area contributed by atoms with Crippen molar-refractivity contribution in [3.05, 3.63) is 29.8 Å². The third-order valence-corrected chi connectivity index (χ3v) is 4.37. The number of phenols is 1. The monoisotopic (exact) mass is 288 g/mol. The Morgan fingerprint density at radius 3 is 2.14 bits per heavy atom. The molecule has 2 saturated carbocycles. The molecule has 0 unspecified atom stereocenters. The fourth-order valence-corrected chi connectivity index (χ4v) is 2.69. The minimum absolute atomic E-state index is 0.0851. The van der Waals surface area contributed by atoms with Gasteiger partial charge in [0.25, 0.3) is 0 Å². The first kappa shape index (κ1) is 14.4. The van der Waals surface area contributed by atoms with E-state index < -0.39 is 6.04 Å². The van der Waals surface area contributed by atoms with Crippen LogP contribution < -0.4 is 5.73 Å². The quantitative estimate of drug-likeness (QED) is 0.805. The van der Waals surface area contributed by atoms with Gasteiger partial charge in [0.1, 0.15) is 5.75 Å². The Morgan fingerprint density at radius 1 is 1.14 bits per heavy atom. The van der Waals surface area contributed by atoms with Crippen LogP contribution in [0.15, 0.2) is 24.3 Å². The number of hydrogen-bond acceptors (Lipinski definition) is 3. The van der Waals surface area contributed by atoms with Crippen LogP contribution in [0.3, 0.4) is 0 Å². The van der Waals surface area contributed by atoms with Crippen molar-refractivity contribution in [3.8, 4) is 5.75 Å². The van der Waals surface area contributed by atoms with E-state index in [-0.39, 0.29) is 11.7 Å². The summed E-state index contributed by atoms with van der Waals surface area (Å²) in [6, 6.07) is 6.45. The highest BCUT2D eigenvalue weighted by molar-refractivity contribution is 5.82. The van der Waals surface area contributed by atoms with Crippen LogP contribution in [0.5, 0.6) is 5.75 Å². The van der Waals surface area contributed by atoms with Crippen LogP contribution in [0, 0.1) is 11.8 Å². The number of rotatable bonds is 7. The Hall–Kier alpha value is -1.55. The highest BCUT2D eigenvalue weighted by Gasteiger charge is 2.33. The number of hydrogen-bond donors (Lipinski definition) is 2. The van der Waals surface area contributed by atoms with Gasteiger partial charge in [-0.2, -0.15) is 0 Å². The topological polar surface area (TPSA) is 66.6 Å². The van der Waals surface area contributed by atoms with Gasteiger partial charge in [0.15, 0.2) is 0 Å². The summed E-state index contributed by atoms with van der Waals surface area (Å²) in [6.45, 7) is 1.78. The molecule has 0 aromatic heterocycles. The van der Waals surface area contributed by atoms with Crippen LogP contribution in [0.4, 0.5) is 0 Å². The number of carbonyl (C=O) groups excluding carboxylic acids is 1. The Bertz CT molecular complexity index is 478. The van der Waals surface area contributed by atoms with E-state index in [4.69, 9.17) is 5.73 Å². The van der Waals surface area contributed by atoms with Crippen LogP contribution in [0.1, 0.15) is 31.2 Å². The molecule has 0 saturated heterocycles. The van der Waals surface area contributed by atoms with Gasteiger partial charge in [0.05, 0.1) is 6.04 Å². The highest BCUT2D eigenvalue weighted by Crippen LogP contribution is 2.34. The summed E-state index contributed by atoms with van der Waals surface area (Å²) in [5.74, 6) is 1.73. The van der Waals surface area contributed by atoms with E-state index in [0.29, 0.717) is 18.3 Å². The maximum Gasteiger partial charge on any atom is 0.239 e. The first-order valence-electron chi connectivity index (χ1n) is 7.94. The van der Waals surface area contributed by atoms with Gasteiger partial charge in [-0.25, -0.2) is 0 Å². The second-order valence-corrected chi connectivity index (χ2v) is 6.61. The lowest BCUT2D eigenvalue weighted by Crippen LogP contribution is -2.46. The van der Waals surface area contributed by atoms with E-state index in [1.807, 2.05) is 17.0 Å². The molecule has 3 rings (SSSR count). The number of amides is 1. The maximum atomic E-state index is 12.6. The highest BCUT2D eigenvalue weighted by atomic mass is 16.3. The van der Waals surface area contributed by atoms with Crippen molar-refractivity contribution >= 4 is 5.91 Å². The summed E-state index contributed by atoms with van der Waals surface area (Å²) in [5.41, 5.74) is 7.12. The van der Waals surface area contributed by atoms with Crippen LogP contribution in [0.2, 0.25) is 0 Å². The second kappa shape index (κ2) is 6.06. The molecule has 3 N–H and O–H groups in total. The number of benzene rings is 1. The molecule has 0 heterocycles. The first-order valence-corrected chi connectivity index (χ1v) is 7.94. The smallest absolute Gasteiger partial charge is 0.239 e. The Kier molecular flexibility index (Phi) is 4.15. The van der Waals surface area contributed by atoms with Gasteiger partial charge >= 0.3 is 0 Å². The van der Waals surface area contributed by atoms with Crippen LogP contribution >= 0.6 is 0 Å². The fourth-order valence-electron chi connectivity index (χ4n) is 2.69. The van der Waals surface area contributed by atoms with Gasteiger partial charge in [-0.1, -0.05) is 12.1 Å². The molecule has 2 fully saturated rings. The number of nitrogens with zero attached hydrogens (tertiary/aromatic N) is 1. The molecule has 0 spiro atoms. The molecule has 1 aromatic rings. The summed E-state index contributed by atoms with van der Waals surface area (Å²) in [6.07, 6.45) is 5.54. The van der Waals surface area contributed by atoms with Gasteiger partial charge in [-0.3, -0.25) is 4.79 Å². The zero-order chi connectivity index (χ0) is 14.8. The van der Waals surface area contributed by atoms with E-state index in [1.165, 1.54) is 25.7 Å². The normalized spacial score (nSPS) is 19.3. The average Bonchev–Trinajstić information content (AvgIpc) is 3.35. The summed E-state index contributed by atoms with van der Waals surface area (Å²) in [5, 5.41) is 9.29. The lowest BCUT2D eigenvalue weighted by atomic mass is 10.0. The predicted molar refractivity (Wildman–Crippen MR) is 81.8 cm³/mol. The largest absolute Gasteiger partial charge is 0.508 e. The molecule has 21 heavy (non-hydrogen) atoms. The summed E-state index contributed by atoms with van der Waals surface area (Å²) >= 11 is 0. The molecule has 2 aliphatic carbocycles. The van der Waals surface area contributed by atoms with Crippen molar-refractivity contribution in [1.29, 1.82) is 0 Å². The molecule has 0 radical (unpaired) electrons. The van der Waals surface area contributed by atoms with Crippen molar-refractivity contribution in [1.82, 2.24) is 4.90 Å². The van der Waals surface area contributed by atoms with E-state index in [0.717, 1.165) is 18.7 Å². The molecule has 0 bridgehead atoms. The lowest BCUT2D eigenvalue weighted by Gasteiger charge is -2.26. The number of aromatic hydroxyl groups is 1. The van der Waals surface area contributed by atoms with E-state index >= 15 is 0 Å². The SMILES string of the molecule is N[C@H](Cc1ccc(O)cc1)C(=O)N(CC1CC1)CC1CC1. The van der Waals surface area contributed by atoms with Gasteiger partial charge < -0.3 is 15.7 Å². The van der Waals surface area contributed by atoms with Crippen LogP contribution in [-0.4, -0.2) is 35.0 Å². The molecule has 114 valence electrons. The summed E-state index contributed by atoms with van der Waals surface area (Å²) in [7, 11) is 0. The molecule has 1 aromatic carbocycles. The third kappa shape index (κ3) is 4.21. The number of carbonyl (C=O) groups is 1. The molecular formula is C17H24N2O2. The minimum atomic E-state index is -0.480. The fraction of sp³-hybridized carbons (Fsp3) is 0.588. The number of phenolic OH excluding ortho intramolecular Hbond substituents is 1. The summed E-state index contributed by atoms with van der Waals surface area (Å²) < 4.78 is 0. The van der Waals surface area contributed by atoms with Crippen LogP contribution in [0.25, 0.3) is 0 Å². The van der Waals surface area contributed by atoms with Crippen molar-refractivity contribution < 1.29 is 9.90 Å². The van der Waals surface area contributed by atoms with Crippen molar-refractivity contribution in [2.75, 3.05) is 13.1 Å². The number of nitrogens with two attached hydrogens (primary N) is 1. The summed E-state index contributed by atoms with van der Waals surface area (Å²) in [4.78, 5) is 14.6. The molecule has 0 aliphatic heterocycles. The lowest BCUT2D eigenvalue weighted by molar-refractivity contribution is -0.133. The van der Waals surface area contributed by atoms with E-state index in [1.54, 1.807) is 12.1 Å². The minimum Gasteiger partial charge on any atom is -0.508 e. The molecular weight excluding hydrogens is 264 g/mol. The third-order valence-electron chi connectivity index (χ3n) is 4.37. The Labute approximate surface area is 125 Å². The van der Waals surface area contributed by atoms with Gasteiger partial charge in [0, 0.05) is 13.1 Å². The molecule has 1 atom stereocenters. The van der Waals surface area contributed by atoms with Crippen molar-refractivity contribution in [2.45, 2.75) is 38.1 Å². The Morgan fingerprint density at radius 2 is 1.67 bits per heavy atom. The average molecular weight is 288 g/mol. The van der Waals surface area contributed by atoms with Crippen LogP contribution in [-0.2, 0) is 11.2 Å². The first-order chi connectivity index (χ1) is 10.1. The molecule has 4 nitrogen and oxygen atoms in total. The Balaban J connectivity index is 1.58. The van der Waals surface area contributed by atoms with E-state index in [9.17, 15) is 9.90 Å². The zero-order valence-electron chi connectivity index (χ0n) is 12.4. The van der Waals surface area contributed by atoms with E-state index in [2.05, 4.69) is 0 Å². The van der Waals surface area contributed by atoms with Crippen molar-refractivity contribution in [3.63, 3.8) is 0 Å². The van der Waals surface area contributed by atoms with Gasteiger partial charge in [-0.05, 0) is 61.6 Å². The van der Waals surface area contributed by atoms with Gasteiger partial charge in [-0.15, -0.1) is 0 Å². The standard InChI is InChI=1S/C17H24N2O2/c18-16(9-12-5-7-15(20)8-6-12)17(21)19(10-13-1-2-13)11-14-3-4-14/h5-8,13-14,16,20H,1-4,9-11,18H2/t16-/m1/s1. The predicted octanol–water partition coefficient (Wildman–Crippen LogP) is 1.91. The molecule has 4 heteroatoms. The zero-order valence-corrected chi connectivity index (χ0v) is 12.4. The second-order valence-electron chi connectivity index (χ2n) is 6.61. The molecule has 1 amide bonds. The molecule has 2 aliphatic rings. The maximum absolute atomic E-state index is 12.6.